The van der Waals surface area contributed by atoms with Gasteiger partial charge in [0.1, 0.15) is 11.6 Å². The molecule has 0 saturated carbocycles. The molecule has 0 unspecified atom stereocenters. The van der Waals surface area contributed by atoms with Gasteiger partial charge in [-0.3, -0.25) is 0 Å². The summed E-state index contributed by atoms with van der Waals surface area (Å²) in [4.78, 5) is 48.2. The maximum atomic E-state index is 9.71. The van der Waals surface area contributed by atoms with Gasteiger partial charge in [-0.2, -0.15) is 0 Å². The molecule has 0 aliphatic heterocycles. The molecule has 0 atom stereocenters. The third-order valence-corrected chi connectivity index (χ3v) is 4.30. The lowest BCUT2D eigenvalue weighted by Crippen LogP contribution is -2.16. The summed E-state index contributed by atoms with van der Waals surface area (Å²) in [6.07, 6.45) is 5.08. The van der Waals surface area contributed by atoms with E-state index in [2.05, 4.69) is 34.3 Å². The van der Waals surface area contributed by atoms with Gasteiger partial charge in [0.2, 0.25) is 0 Å². The monoisotopic (exact) mass is 516 g/mol. The van der Waals surface area contributed by atoms with Crippen molar-refractivity contribution in [1.29, 1.82) is 0 Å². The lowest BCUT2D eigenvalue weighted by Gasteiger charge is -2.10. The summed E-state index contributed by atoms with van der Waals surface area (Å²) in [6, 6.07) is 7.31. The first-order valence-corrected chi connectivity index (χ1v) is 10.7. The Labute approximate surface area is 211 Å². The van der Waals surface area contributed by atoms with Gasteiger partial charge in [-0.25, -0.2) is 24.2 Å². The molecule has 3 aromatic rings. The number of aromatic nitrogens is 2. The molecule has 37 heavy (non-hydrogen) atoms. The average Bonchev–Trinajstić information content (AvgIpc) is 3.18. The molecule has 0 aliphatic carbocycles. The fourth-order valence-electron chi connectivity index (χ4n) is 2.85. The quantitative estimate of drug-likeness (QED) is 0.161. The lowest BCUT2D eigenvalue weighted by atomic mass is 10.1. The van der Waals surface area contributed by atoms with Crippen molar-refractivity contribution in [3.8, 4) is 5.75 Å². The molecule has 7 N–H and O–H groups in total. The van der Waals surface area contributed by atoms with Gasteiger partial charge in [0.15, 0.2) is 0 Å². The molecule has 0 saturated heterocycles. The van der Waals surface area contributed by atoms with Crippen LogP contribution in [-0.2, 0) is 19.2 Å². The van der Waals surface area contributed by atoms with Gasteiger partial charge in [-0.05, 0) is 51.3 Å². The van der Waals surface area contributed by atoms with E-state index in [9.17, 15) is 24.3 Å². The minimum absolute atomic E-state index is 0.269. The predicted octanol–water partition coefficient (Wildman–Crippen LogP) is 2.21. The van der Waals surface area contributed by atoms with E-state index >= 15 is 0 Å². The number of benzene rings is 1. The normalized spacial score (nSPS) is 10.7. The van der Waals surface area contributed by atoms with Crippen LogP contribution >= 0.6 is 0 Å². The average molecular weight is 517 g/mol. The highest BCUT2D eigenvalue weighted by molar-refractivity contribution is 6.12. The zero-order valence-electron chi connectivity index (χ0n) is 20.1. The van der Waals surface area contributed by atoms with Crippen LogP contribution in [0.25, 0.3) is 21.8 Å². The number of nitrogens with one attached hydrogen (secondary N) is 2. The number of hydrogen-bond acceptors (Lipinski definition) is 8. The Hall–Kier alpha value is -4.91. The number of hydrogen-bond donors (Lipinski definition) is 7. The summed E-state index contributed by atoms with van der Waals surface area (Å²) in [5, 5.41) is 46.4. The Kier molecular flexibility index (Phi) is 12.3. The van der Waals surface area contributed by atoms with Gasteiger partial charge < -0.3 is 40.7 Å². The van der Waals surface area contributed by atoms with Crippen LogP contribution in [0.3, 0.4) is 0 Å². The minimum atomic E-state index is -1.26. The Morgan fingerprint density at radius 2 is 1.43 bits per heavy atom. The van der Waals surface area contributed by atoms with Crippen molar-refractivity contribution < 1.29 is 44.7 Å². The van der Waals surface area contributed by atoms with Gasteiger partial charge in [0.05, 0.1) is 5.52 Å². The number of aliphatic carboxylic acids is 4. The minimum Gasteiger partial charge on any atom is -0.508 e. The number of pyridine rings is 1. The van der Waals surface area contributed by atoms with E-state index in [1.807, 2.05) is 12.1 Å². The highest BCUT2D eigenvalue weighted by Crippen LogP contribution is 2.32. The molecule has 3 rings (SSSR count). The van der Waals surface area contributed by atoms with E-state index in [0.29, 0.717) is 24.3 Å². The van der Waals surface area contributed by atoms with Crippen LogP contribution in [0.5, 0.6) is 5.75 Å². The molecule has 0 amide bonds. The second-order valence-electron chi connectivity index (χ2n) is 7.54. The molecule has 0 radical (unpaired) electrons. The van der Waals surface area contributed by atoms with Crippen LogP contribution in [0.4, 0.5) is 5.82 Å². The summed E-state index contributed by atoms with van der Waals surface area (Å²) in [7, 11) is 4.14. The summed E-state index contributed by atoms with van der Waals surface area (Å²) in [6.45, 7) is 1.91. The van der Waals surface area contributed by atoms with Crippen molar-refractivity contribution in [2.75, 3.05) is 32.5 Å². The number of H-pyrrole nitrogens is 1. The van der Waals surface area contributed by atoms with Gasteiger partial charge in [-0.15, -0.1) is 0 Å². The number of aromatic amines is 1. The summed E-state index contributed by atoms with van der Waals surface area (Å²) in [5.41, 5.74) is 2.04. The van der Waals surface area contributed by atoms with Crippen LogP contribution in [0.2, 0.25) is 0 Å². The molecular weight excluding hydrogens is 488 g/mol. The number of rotatable bonds is 9. The van der Waals surface area contributed by atoms with E-state index in [0.717, 1.165) is 47.1 Å². The largest absolute Gasteiger partial charge is 0.508 e. The van der Waals surface area contributed by atoms with Crippen molar-refractivity contribution >= 4 is 51.5 Å². The summed E-state index contributed by atoms with van der Waals surface area (Å²) in [5.74, 6) is -3.89. The van der Waals surface area contributed by atoms with Crippen molar-refractivity contribution in [2.24, 2.45) is 0 Å². The molecule has 13 heteroatoms. The second kappa shape index (κ2) is 15.2. The predicted molar refractivity (Wildman–Crippen MR) is 136 cm³/mol. The number of anilines is 1. The number of aromatic hydroxyl groups is 1. The molecule has 0 bridgehead atoms. The van der Waals surface area contributed by atoms with Crippen LogP contribution < -0.4 is 5.32 Å². The van der Waals surface area contributed by atoms with E-state index in [1.54, 1.807) is 18.3 Å². The van der Waals surface area contributed by atoms with E-state index < -0.39 is 23.9 Å². The Balaban J connectivity index is 0.000000355. The van der Waals surface area contributed by atoms with Crippen molar-refractivity contribution in [2.45, 2.75) is 6.42 Å². The van der Waals surface area contributed by atoms with Crippen LogP contribution in [0, 0.1) is 0 Å². The van der Waals surface area contributed by atoms with Crippen molar-refractivity contribution in [1.82, 2.24) is 14.9 Å². The van der Waals surface area contributed by atoms with E-state index in [1.165, 1.54) is 0 Å². The molecule has 198 valence electrons. The molecule has 13 nitrogen and oxygen atoms in total. The van der Waals surface area contributed by atoms with E-state index in [4.69, 9.17) is 20.4 Å². The number of carbonyl (C=O) groups is 4. The van der Waals surface area contributed by atoms with Gasteiger partial charge in [0, 0.05) is 53.3 Å². The standard InChI is InChI=1S/C16H20N4O.2C4H4O4/c1-20(2)9-3-7-17-16-15-12-10-11(21)4-5-13(12)19-14(15)6-8-18-16;2*5-3(6)1-2-4(7)8/h4-6,8,10,19,21H,3,7,9H2,1-2H3,(H,17,18);2*1-2H,(H,5,6)(H,7,8)/b;2*2-1-. The Morgan fingerprint density at radius 3 is 1.92 bits per heavy atom. The highest BCUT2D eigenvalue weighted by atomic mass is 16.4. The molecule has 0 fully saturated rings. The number of carboxylic acids is 4. The summed E-state index contributed by atoms with van der Waals surface area (Å²) < 4.78 is 0. The van der Waals surface area contributed by atoms with Crippen molar-refractivity contribution in [3.63, 3.8) is 0 Å². The topological polar surface area (TPSA) is 213 Å². The zero-order chi connectivity index (χ0) is 28.0. The molecule has 0 spiro atoms. The maximum absolute atomic E-state index is 9.71. The summed E-state index contributed by atoms with van der Waals surface area (Å²) >= 11 is 0. The van der Waals surface area contributed by atoms with Gasteiger partial charge in [-0.1, -0.05) is 0 Å². The number of phenols is 1. The fraction of sp³-hybridized carbons (Fsp3) is 0.208. The first-order chi connectivity index (χ1) is 17.4. The smallest absolute Gasteiger partial charge is 0.328 e. The zero-order valence-corrected chi connectivity index (χ0v) is 20.1. The van der Waals surface area contributed by atoms with Crippen LogP contribution in [0.1, 0.15) is 6.42 Å². The first kappa shape index (κ1) is 30.1. The van der Waals surface area contributed by atoms with Gasteiger partial charge in [0.25, 0.3) is 0 Å². The molecular formula is C24H28N4O9. The highest BCUT2D eigenvalue weighted by Gasteiger charge is 2.10. The van der Waals surface area contributed by atoms with Crippen LogP contribution in [-0.4, -0.2) is 91.5 Å². The first-order valence-electron chi connectivity index (χ1n) is 10.7. The molecule has 1 aromatic carbocycles. The fourth-order valence-corrected chi connectivity index (χ4v) is 2.85. The molecule has 2 aromatic heterocycles. The Morgan fingerprint density at radius 1 is 0.892 bits per heavy atom. The number of carboxylic acid groups (broad SMARTS) is 4. The van der Waals surface area contributed by atoms with E-state index in [-0.39, 0.29) is 5.75 Å². The molecule has 2 heterocycles. The maximum Gasteiger partial charge on any atom is 0.328 e. The van der Waals surface area contributed by atoms with Crippen molar-refractivity contribution in [3.05, 3.63) is 54.8 Å². The Bertz CT molecular complexity index is 1230. The second-order valence-corrected chi connectivity index (χ2v) is 7.54. The SMILES string of the molecule is CN(C)CCCNc1nccc2[nH]c3ccc(O)cc3c12.O=C(O)/C=C\C(=O)O.O=C(O)/C=C\C(=O)O. The third kappa shape index (κ3) is 11.9. The number of phenolic OH excluding ortho intramolecular Hbond substituents is 1. The third-order valence-electron chi connectivity index (χ3n) is 4.30. The van der Waals surface area contributed by atoms with Crippen LogP contribution in [0.15, 0.2) is 54.8 Å². The lowest BCUT2D eigenvalue weighted by molar-refractivity contribution is -0.134. The van der Waals surface area contributed by atoms with Gasteiger partial charge >= 0.3 is 23.9 Å². The number of fused-ring (bicyclic) bond motifs is 3. The number of nitrogens with zero attached hydrogens (tertiary/aromatic N) is 2. The molecule has 0 aliphatic rings.